The molecule has 78 valence electrons. The van der Waals surface area contributed by atoms with Gasteiger partial charge < -0.3 is 20.4 Å². The van der Waals surface area contributed by atoms with Crippen LogP contribution in [0.5, 0.6) is 0 Å². The van der Waals surface area contributed by atoms with Crippen LogP contribution in [0.1, 0.15) is 0 Å². The minimum Gasteiger partial charge on any atom is -0.394 e. The van der Waals surface area contributed by atoms with E-state index < -0.39 is 37.3 Å². The molecule has 0 saturated heterocycles. The van der Waals surface area contributed by atoms with E-state index in [4.69, 9.17) is 25.7 Å². The van der Waals surface area contributed by atoms with E-state index in [1.54, 1.807) is 0 Å². The molecule has 0 rings (SSSR count). The maximum absolute atomic E-state index is 10.7. The number of aliphatic hydroxyl groups is 4. The van der Waals surface area contributed by atoms with Crippen molar-refractivity contribution in [1.82, 2.24) is 0 Å². The van der Waals surface area contributed by atoms with Gasteiger partial charge in [-0.2, -0.15) is 0 Å². The van der Waals surface area contributed by atoms with Crippen LogP contribution in [0.15, 0.2) is 0 Å². The third kappa shape index (κ3) is 3.35. The van der Waals surface area contributed by atoms with Crippen molar-refractivity contribution in [2.24, 2.45) is 0 Å². The Morgan fingerprint density at radius 2 is 1.85 bits per heavy atom. The second-order valence-electron chi connectivity index (χ2n) is 2.39. The lowest BCUT2D eigenvalue weighted by atomic mass is 10.1. The molecule has 7 heteroatoms. The van der Waals surface area contributed by atoms with Gasteiger partial charge in [-0.1, -0.05) is 0 Å². The number of aliphatic hydroxyl groups excluding tert-OH is 4. The molecule has 0 aromatic heterocycles. The first-order valence-electron chi connectivity index (χ1n) is 3.49. The zero-order valence-electron chi connectivity index (χ0n) is 6.70. The Hall–Kier alpha value is -0.570. The van der Waals surface area contributed by atoms with E-state index in [2.05, 4.69) is 4.89 Å². The monoisotopic (exact) mass is 196 g/mol. The van der Waals surface area contributed by atoms with E-state index in [1.807, 2.05) is 0 Å². The van der Waals surface area contributed by atoms with E-state index in [0.717, 1.165) is 0 Å². The van der Waals surface area contributed by atoms with Crippen LogP contribution >= 0.6 is 0 Å². The maximum atomic E-state index is 10.7. The summed E-state index contributed by atoms with van der Waals surface area (Å²) in [6.07, 6.45) is -5.16. The summed E-state index contributed by atoms with van der Waals surface area (Å²) in [5.74, 6) is -0.998. The van der Waals surface area contributed by atoms with Crippen LogP contribution in [0.25, 0.3) is 0 Å². The highest BCUT2D eigenvalue weighted by molar-refractivity contribution is 5.84. The number of carbonyl (C=O) groups excluding carboxylic acids is 1. The number of carbonyl (C=O) groups is 1. The van der Waals surface area contributed by atoms with Gasteiger partial charge in [-0.25, -0.2) is 4.89 Å². The van der Waals surface area contributed by atoms with Crippen LogP contribution in [0.2, 0.25) is 0 Å². The van der Waals surface area contributed by atoms with Crippen molar-refractivity contribution in [2.75, 3.05) is 13.2 Å². The number of ketones is 1. The van der Waals surface area contributed by atoms with E-state index in [1.165, 1.54) is 0 Å². The van der Waals surface area contributed by atoms with Gasteiger partial charge >= 0.3 is 0 Å². The predicted molar refractivity (Wildman–Crippen MR) is 38.7 cm³/mol. The lowest BCUT2D eigenvalue weighted by Gasteiger charge is -2.21. The zero-order chi connectivity index (χ0) is 10.4. The van der Waals surface area contributed by atoms with E-state index in [0.29, 0.717) is 0 Å². The van der Waals surface area contributed by atoms with Gasteiger partial charge in [-0.15, -0.1) is 0 Å². The number of Topliss-reactive ketones (excluding diaryl/α,β-unsaturated/α-hetero) is 1. The van der Waals surface area contributed by atoms with Gasteiger partial charge in [0.15, 0.2) is 11.9 Å². The van der Waals surface area contributed by atoms with Crippen LogP contribution in [0, 0.1) is 0 Å². The molecule has 7 nitrogen and oxygen atoms in total. The Morgan fingerprint density at radius 3 is 2.15 bits per heavy atom. The van der Waals surface area contributed by atoms with Gasteiger partial charge in [0.25, 0.3) is 0 Å². The third-order valence-electron chi connectivity index (χ3n) is 1.48. The Labute approximate surface area is 73.7 Å². The van der Waals surface area contributed by atoms with Crippen LogP contribution in [-0.4, -0.2) is 63.0 Å². The highest BCUT2D eigenvalue weighted by atomic mass is 17.1. The standard InChI is InChI=1S/C6H12O7/c7-1-3(9)5(11)6(13-12)4(10)2-8/h3,5-9,11-12H,1-2H2/t3-,5-,6-/m1/s1. The van der Waals surface area contributed by atoms with Gasteiger partial charge in [0.2, 0.25) is 0 Å². The lowest BCUT2D eigenvalue weighted by molar-refractivity contribution is -0.294. The minimum atomic E-state index is -1.78. The van der Waals surface area contributed by atoms with E-state index in [-0.39, 0.29) is 0 Å². The average molecular weight is 196 g/mol. The molecular weight excluding hydrogens is 184 g/mol. The van der Waals surface area contributed by atoms with Crippen molar-refractivity contribution in [2.45, 2.75) is 18.3 Å². The SMILES string of the molecule is O=C(CO)[C@@H](OO)[C@H](O)[C@H](O)CO. The fraction of sp³-hybridized carbons (Fsp3) is 0.833. The lowest BCUT2D eigenvalue weighted by Crippen LogP contribution is -2.46. The number of rotatable bonds is 6. The van der Waals surface area contributed by atoms with Gasteiger partial charge in [0.1, 0.15) is 18.8 Å². The minimum absolute atomic E-state index is 0.792. The Balaban J connectivity index is 4.30. The molecule has 0 aromatic carbocycles. The summed E-state index contributed by atoms with van der Waals surface area (Å²) in [6.45, 7) is -1.74. The molecule has 0 heterocycles. The number of hydrogen-bond donors (Lipinski definition) is 5. The highest BCUT2D eigenvalue weighted by Gasteiger charge is 2.32. The molecule has 13 heavy (non-hydrogen) atoms. The van der Waals surface area contributed by atoms with Gasteiger partial charge in [-0.3, -0.25) is 10.1 Å². The Morgan fingerprint density at radius 1 is 1.31 bits per heavy atom. The van der Waals surface area contributed by atoms with Crippen LogP contribution in [0.4, 0.5) is 0 Å². The van der Waals surface area contributed by atoms with Crippen molar-refractivity contribution in [1.29, 1.82) is 0 Å². The van der Waals surface area contributed by atoms with Gasteiger partial charge in [0.05, 0.1) is 6.61 Å². The molecule has 0 aromatic rings. The fourth-order valence-electron chi connectivity index (χ4n) is 0.711. The topological polar surface area (TPSA) is 127 Å². The highest BCUT2D eigenvalue weighted by Crippen LogP contribution is 2.04. The molecule has 0 saturated carbocycles. The first-order chi connectivity index (χ1) is 6.08. The number of hydrogen-bond acceptors (Lipinski definition) is 7. The summed E-state index contributed by atoms with van der Waals surface area (Å²) in [4.78, 5) is 14.3. The van der Waals surface area contributed by atoms with Crippen molar-refractivity contribution in [3.05, 3.63) is 0 Å². The molecule has 0 unspecified atom stereocenters. The largest absolute Gasteiger partial charge is 0.394 e. The molecule has 3 atom stereocenters. The quantitative estimate of drug-likeness (QED) is 0.228. The molecule has 0 aliphatic rings. The molecular formula is C6H12O7. The average Bonchev–Trinajstić information content (AvgIpc) is 2.17. The fourth-order valence-corrected chi connectivity index (χ4v) is 0.711. The normalized spacial score (nSPS) is 17.9. The Bertz CT molecular complexity index is 159. The van der Waals surface area contributed by atoms with Crippen molar-refractivity contribution in [3.63, 3.8) is 0 Å². The molecule has 5 N–H and O–H groups in total. The molecule has 0 amide bonds. The molecule has 0 bridgehead atoms. The summed E-state index contributed by atoms with van der Waals surface area (Å²) in [5.41, 5.74) is 0. The predicted octanol–water partition coefficient (Wildman–Crippen LogP) is -2.88. The van der Waals surface area contributed by atoms with Crippen molar-refractivity contribution < 1.29 is 35.4 Å². The van der Waals surface area contributed by atoms with Crippen LogP contribution < -0.4 is 0 Å². The van der Waals surface area contributed by atoms with E-state index in [9.17, 15) is 4.79 Å². The second kappa shape index (κ2) is 5.97. The molecule has 0 fully saturated rings. The zero-order valence-corrected chi connectivity index (χ0v) is 6.70. The molecule has 0 aliphatic heterocycles. The second-order valence-corrected chi connectivity index (χ2v) is 2.39. The molecule has 0 aliphatic carbocycles. The van der Waals surface area contributed by atoms with Crippen molar-refractivity contribution >= 4 is 5.78 Å². The van der Waals surface area contributed by atoms with Gasteiger partial charge in [-0.05, 0) is 0 Å². The third-order valence-corrected chi connectivity index (χ3v) is 1.48. The first-order valence-corrected chi connectivity index (χ1v) is 3.49. The molecule has 0 spiro atoms. The maximum Gasteiger partial charge on any atom is 0.192 e. The van der Waals surface area contributed by atoms with Crippen LogP contribution in [-0.2, 0) is 9.68 Å². The first kappa shape index (κ1) is 12.4. The summed E-state index contributed by atoms with van der Waals surface area (Å²) in [5, 5.41) is 42.8. The molecule has 0 radical (unpaired) electrons. The summed E-state index contributed by atoms with van der Waals surface area (Å²) < 4.78 is 0. The smallest absolute Gasteiger partial charge is 0.192 e. The van der Waals surface area contributed by atoms with E-state index >= 15 is 0 Å². The summed E-state index contributed by atoms with van der Waals surface area (Å²) in [7, 11) is 0. The Kier molecular flexibility index (Phi) is 5.71. The van der Waals surface area contributed by atoms with Crippen LogP contribution in [0.3, 0.4) is 0 Å². The van der Waals surface area contributed by atoms with Gasteiger partial charge in [0, 0.05) is 0 Å². The summed E-state index contributed by atoms with van der Waals surface area (Å²) >= 11 is 0. The summed E-state index contributed by atoms with van der Waals surface area (Å²) in [6, 6.07) is 0. The van der Waals surface area contributed by atoms with Crippen molar-refractivity contribution in [3.8, 4) is 0 Å².